The van der Waals surface area contributed by atoms with Crippen molar-refractivity contribution in [1.29, 1.82) is 0 Å². The molecule has 0 aromatic carbocycles. The van der Waals surface area contributed by atoms with Gasteiger partial charge in [-0.05, 0) is 18.2 Å². The van der Waals surface area contributed by atoms with E-state index < -0.39 is 22.1 Å². The van der Waals surface area contributed by atoms with Gasteiger partial charge in [0, 0.05) is 0 Å². The average molecular weight is 250 g/mol. The number of aromatic amines is 2. The van der Waals surface area contributed by atoms with Crippen LogP contribution in [-0.2, 0) is 0 Å². The number of aromatic nitrogens is 3. The van der Waals surface area contributed by atoms with Gasteiger partial charge in [0.05, 0.1) is 6.07 Å². The van der Waals surface area contributed by atoms with E-state index in [-0.39, 0.29) is 11.5 Å². The molecule has 0 saturated carbocycles. The third-order valence-electron chi connectivity index (χ3n) is 1.94. The third kappa shape index (κ3) is 2.40. The van der Waals surface area contributed by atoms with E-state index in [1.165, 1.54) is 24.3 Å². The molecule has 18 heavy (non-hydrogen) atoms. The number of rotatable bonds is 3. The quantitative estimate of drug-likeness (QED) is 0.587. The summed E-state index contributed by atoms with van der Waals surface area (Å²) in [4.78, 5) is 33.6. The van der Waals surface area contributed by atoms with Gasteiger partial charge in [0.25, 0.3) is 5.56 Å². The second kappa shape index (κ2) is 4.49. The molecule has 0 saturated heterocycles. The first-order valence-electron chi connectivity index (χ1n) is 4.67. The van der Waals surface area contributed by atoms with Gasteiger partial charge in [0.2, 0.25) is 0 Å². The molecule has 2 N–H and O–H groups in total. The van der Waals surface area contributed by atoms with E-state index in [0.717, 1.165) is 0 Å². The molecule has 0 amide bonds. The predicted molar refractivity (Wildman–Crippen MR) is 59.8 cm³/mol. The number of nitro groups is 1. The highest BCUT2D eigenvalue weighted by Crippen LogP contribution is 2.16. The molecule has 0 spiro atoms. The van der Waals surface area contributed by atoms with Crippen LogP contribution in [0.25, 0.3) is 12.2 Å². The van der Waals surface area contributed by atoms with Crippen molar-refractivity contribution >= 4 is 18.0 Å². The Labute approximate surface area is 97.9 Å². The minimum Gasteiger partial charge on any atom is -0.401 e. The van der Waals surface area contributed by atoms with Gasteiger partial charge in [0.1, 0.15) is 16.4 Å². The Hall–Kier alpha value is -2.97. The lowest BCUT2D eigenvalue weighted by Crippen LogP contribution is -2.25. The predicted octanol–water partition coefficient (Wildman–Crippen LogP) is 0.130. The Kier molecular flexibility index (Phi) is 2.87. The molecule has 0 atom stereocenters. The molecule has 0 radical (unpaired) electrons. The molecule has 9 nitrogen and oxygen atoms in total. The fraction of sp³-hybridized carbons (Fsp3) is 0. The van der Waals surface area contributed by atoms with Crippen LogP contribution in [0.2, 0.25) is 0 Å². The van der Waals surface area contributed by atoms with Crippen LogP contribution in [0.1, 0.15) is 11.5 Å². The molecule has 2 rings (SSSR count). The van der Waals surface area contributed by atoms with Crippen LogP contribution in [0, 0.1) is 10.1 Å². The Morgan fingerprint density at radius 2 is 2.11 bits per heavy atom. The standard InChI is InChI=1S/C9H6N4O5/c14-8-6(11-12-9(15)10-8)3-1-5-2-4-7(18-5)13(16)17/h1-4H,(H2,10,12,14,15)/b3-1+. The van der Waals surface area contributed by atoms with Gasteiger partial charge < -0.3 is 4.42 Å². The maximum Gasteiger partial charge on any atom is 0.433 e. The van der Waals surface area contributed by atoms with Crippen molar-refractivity contribution in [2.45, 2.75) is 0 Å². The first-order chi connectivity index (χ1) is 8.56. The normalized spacial score (nSPS) is 10.9. The van der Waals surface area contributed by atoms with Crippen LogP contribution in [-0.4, -0.2) is 20.1 Å². The Balaban J connectivity index is 2.27. The summed E-state index contributed by atoms with van der Waals surface area (Å²) in [5.41, 5.74) is -1.43. The molecule has 2 aromatic rings. The molecule has 0 aliphatic heterocycles. The lowest BCUT2D eigenvalue weighted by atomic mass is 10.3. The largest absolute Gasteiger partial charge is 0.433 e. The molecule has 0 aliphatic rings. The topological polar surface area (TPSA) is 135 Å². The van der Waals surface area contributed by atoms with Gasteiger partial charge in [0.15, 0.2) is 0 Å². The van der Waals surface area contributed by atoms with Crippen molar-refractivity contribution in [3.8, 4) is 0 Å². The van der Waals surface area contributed by atoms with Gasteiger partial charge in [-0.25, -0.2) is 9.89 Å². The molecule has 0 fully saturated rings. The van der Waals surface area contributed by atoms with Crippen LogP contribution < -0.4 is 11.2 Å². The zero-order valence-electron chi connectivity index (χ0n) is 8.75. The monoisotopic (exact) mass is 250 g/mol. The van der Waals surface area contributed by atoms with E-state index >= 15 is 0 Å². The summed E-state index contributed by atoms with van der Waals surface area (Å²) in [6.07, 6.45) is 2.58. The van der Waals surface area contributed by atoms with E-state index in [0.29, 0.717) is 0 Å². The Bertz CT molecular complexity index is 723. The van der Waals surface area contributed by atoms with Crippen molar-refractivity contribution in [3.63, 3.8) is 0 Å². The summed E-state index contributed by atoms with van der Waals surface area (Å²) in [7, 11) is 0. The molecule has 0 bridgehead atoms. The van der Waals surface area contributed by atoms with E-state index in [2.05, 4.69) is 5.10 Å². The average Bonchev–Trinajstić information content (AvgIpc) is 2.76. The molecule has 0 unspecified atom stereocenters. The number of nitrogens with zero attached hydrogens (tertiary/aromatic N) is 2. The first kappa shape index (κ1) is 11.5. The molecule has 2 heterocycles. The third-order valence-corrected chi connectivity index (χ3v) is 1.94. The van der Waals surface area contributed by atoms with Gasteiger partial charge >= 0.3 is 11.6 Å². The summed E-state index contributed by atoms with van der Waals surface area (Å²) in [5, 5.41) is 15.9. The minimum absolute atomic E-state index is 0.0475. The van der Waals surface area contributed by atoms with E-state index in [1.54, 1.807) is 0 Å². The highest BCUT2D eigenvalue weighted by atomic mass is 16.6. The maximum atomic E-state index is 11.2. The van der Waals surface area contributed by atoms with Crippen LogP contribution in [0.4, 0.5) is 5.88 Å². The van der Waals surface area contributed by atoms with Crippen LogP contribution in [0.5, 0.6) is 0 Å². The SMILES string of the molecule is O=c1[nH]nc(/C=C/c2ccc([N+](=O)[O-])o2)c(=O)[nH]1. The number of H-pyrrole nitrogens is 2. The van der Waals surface area contributed by atoms with Gasteiger partial charge in [-0.15, -0.1) is 0 Å². The second-order valence-electron chi connectivity index (χ2n) is 3.16. The van der Waals surface area contributed by atoms with E-state index in [4.69, 9.17) is 4.42 Å². The van der Waals surface area contributed by atoms with E-state index in [9.17, 15) is 19.7 Å². The summed E-state index contributed by atoms with van der Waals surface area (Å²) in [6.45, 7) is 0. The second-order valence-corrected chi connectivity index (χ2v) is 3.16. The van der Waals surface area contributed by atoms with Gasteiger partial charge in [-0.2, -0.15) is 5.10 Å². The molecular weight excluding hydrogens is 244 g/mol. The molecule has 92 valence electrons. The first-order valence-corrected chi connectivity index (χ1v) is 4.67. The van der Waals surface area contributed by atoms with Crippen LogP contribution in [0.3, 0.4) is 0 Å². The van der Waals surface area contributed by atoms with Gasteiger partial charge in [-0.1, -0.05) is 0 Å². The van der Waals surface area contributed by atoms with Crippen molar-refractivity contribution in [1.82, 2.24) is 15.2 Å². The Morgan fingerprint density at radius 3 is 2.72 bits per heavy atom. The van der Waals surface area contributed by atoms with Crippen LogP contribution >= 0.6 is 0 Å². The molecule has 9 heteroatoms. The van der Waals surface area contributed by atoms with Gasteiger partial charge in [-0.3, -0.25) is 19.9 Å². The summed E-state index contributed by atoms with van der Waals surface area (Å²) < 4.78 is 4.83. The molecular formula is C9H6N4O5. The number of hydrogen-bond acceptors (Lipinski definition) is 6. The number of nitrogens with one attached hydrogen (secondary N) is 2. The zero-order chi connectivity index (χ0) is 13.1. The maximum absolute atomic E-state index is 11.2. The van der Waals surface area contributed by atoms with Crippen LogP contribution in [0.15, 0.2) is 26.1 Å². The minimum atomic E-state index is -0.717. The molecule has 0 aliphatic carbocycles. The number of furan rings is 1. The lowest BCUT2D eigenvalue weighted by Gasteiger charge is -1.88. The van der Waals surface area contributed by atoms with E-state index in [1.807, 2.05) is 10.1 Å². The fourth-order valence-corrected chi connectivity index (χ4v) is 1.16. The van der Waals surface area contributed by atoms with Crippen molar-refractivity contribution in [2.75, 3.05) is 0 Å². The van der Waals surface area contributed by atoms with Crippen molar-refractivity contribution in [3.05, 3.63) is 54.5 Å². The fourth-order valence-electron chi connectivity index (χ4n) is 1.16. The number of hydrogen-bond donors (Lipinski definition) is 2. The smallest absolute Gasteiger partial charge is 0.401 e. The Morgan fingerprint density at radius 1 is 1.33 bits per heavy atom. The highest BCUT2D eigenvalue weighted by Gasteiger charge is 2.09. The zero-order valence-corrected chi connectivity index (χ0v) is 8.75. The lowest BCUT2D eigenvalue weighted by molar-refractivity contribution is -0.402. The summed E-state index contributed by atoms with van der Waals surface area (Å²) in [5.74, 6) is -0.216. The van der Waals surface area contributed by atoms with Crippen molar-refractivity contribution < 1.29 is 9.34 Å². The molecule has 2 aromatic heterocycles. The summed E-state index contributed by atoms with van der Waals surface area (Å²) >= 11 is 0. The summed E-state index contributed by atoms with van der Waals surface area (Å²) in [6, 6.07) is 2.55. The van der Waals surface area contributed by atoms with Crippen molar-refractivity contribution in [2.24, 2.45) is 0 Å². The highest BCUT2D eigenvalue weighted by molar-refractivity contribution is 5.65.